The van der Waals surface area contributed by atoms with Crippen LogP contribution in [0.15, 0.2) is 58.5 Å². The Balaban J connectivity index is 1.67. The molecular formula is C16H11N5O3. The number of nitrogens with one attached hydrogen (secondary N) is 1. The van der Waals surface area contributed by atoms with Crippen molar-refractivity contribution in [2.24, 2.45) is 0 Å². The van der Waals surface area contributed by atoms with E-state index in [1.54, 1.807) is 6.07 Å². The number of hydrogen-bond donors (Lipinski definition) is 1. The van der Waals surface area contributed by atoms with Gasteiger partial charge in [0.05, 0.1) is 24.4 Å². The second kappa shape index (κ2) is 5.58. The molecule has 0 radical (unpaired) electrons. The third-order valence-electron chi connectivity index (χ3n) is 3.51. The first-order valence-corrected chi connectivity index (χ1v) is 7.14. The Morgan fingerprint density at radius 3 is 2.83 bits per heavy atom. The van der Waals surface area contributed by atoms with Gasteiger partial charge in [-0.2, -0.15) is 0 Å². The summed E-state index contributed by atoms with van der Waals surface area (Å²) in [6, 6.07) is 7.27. The number of anilines is 1. The molecule has 118 valence electrons. The summed E-state index contributed by atoms with van der Waals surface area (Å²) in [6.45, 7) is -0.187. The van der Waals surface area contributed by atoms with Crippen LogP contribution in [0.3, 0.4) is 0 Å². The Kier molecular flexibility index (Phi) is 3.27. The van der Waals surface area contributed by atoms with Crippen molar-refractivity contribution in [3.8, 4) is 0 Å². The van der Waals surface area contributed by atoms with E-state index in [2.05, 4.69) is 20.3 Å². The van der Waals surface area contributed by atoms with E-state index in [4.69, 9.17) is 4.42 Å². The fourth-order valence-electron chi connectivity index (χ4n) is 2.45. The van der Waals surface area contributed by atoms with Crippen LogP contribution in [0.1, 0.15) is 0 Å². The summed E-state index contributed by atoms with van der Waals surface area (Å²) in [5, 5.41) is 3.38. The molecule has 4 aromatic rings. The molecule has 0 aliphatic heterocycles. The van der Waals surface area contributed by atoms with Crippen LogP contribution in [0, 0.1) is 0 Å². The van der Waals surface area contributed by atoms with Gasteiger partial charge in [0.25, 0.3) is 5.56 Å². The number of aromatic nitrogens is 4. The molecule has 0 saturated carbocycles. The SMILES string of the molecule is O=C(Cn1cnc2c(oc3ccccc32)c1=O)Nc1cncnc1. The molecule has 24 heavy (non-hydrogen) atoms. The number of amides is 1. The quantitative estimate of drug-likeness (QED) is 0.614. The van der Waals surface area contributed by atoms with E-state index < -0.39 is 5.56 Å². The lowest BCUT2D eigenvalue weighted by Crippen LogP contribution is -2.27. The third-order valence-corrected chi connectivity index (χ3v) is 3.51. The summed E-state index contributed by atoms with van der Waals surface area (Å²) in [4.78, 5) is 36.4. The lowest BCUT2D eigenvalue weighted by atomic mass is 10.2. The molecule has 0 aliphatic carbocycles. The second-order valence-electron chi connectivity index (χ2n) is 5.13. The van der Waals surface area contributed by atoms with Crippen molar-refractivity contribution in [3.05, 3.63) is 59.7 Å². The zero-order valence-electron chi connectivity index (χ0n) is 12.3. The van der Waals surface area contributed by atoms with Crippen LogP contribution in [-0.2, 0) is 11.3 Å². The van der Waals surface area contributed by atoms with E-state index in [0.29, 0.717) is 16.8 Å². The largest absolute Gasteiger partial charge is 0.448 e. The number of carbonyl (C=O) groups excluding carboxylic acids is 1. The number of furan rings is 1. The van der Waals surface area contributed by atoms with E-state index in [1.807, 2.05) is 18.2 Å². The van der Waals surface area contributed by atoms with Crippen molar-refractivity contribution in [3.63, 3.8) is 0 Å². The number of carbonyl (C=O) groups is 1. The molecule has 3 heterocycles. The molecule has 8 nitrogen and oxygen atoms in total. The fraction of sp³-hybridized carbons (Fsp3) is 0.0625. The number of fused-ring (bicyclic) bond motifs is 3. The van der Waals surface area contributed by atoms with Gasteiger partial charge in [-0.1, -0.05) is 12.1 Å². The Morgan fingerprint density at radius 1 is 1.21 bits per heavy atom. The Labute approximate surface area is 134 Å². The topological polar surface area (TPSA) is 103 Å². The van der Waals surface area contributed by atoms with Crippen molar-refractivity contribution in [2.45, 2.75) is 6.54 Å². The Morgan fingerprint density at radius 2 is 2.00 bits per heavy atom. The predicted octanol–water partition coefficient (Wildman–Crippen LogP) is 1.57. The van der Waals surface area contributed by atoms with Crippen LogP contribution in [-0.4, -0.2) is 25.4 Å². The van der Waals surface area contributed by atoms with Crippen molar-refractivity contribution in [2.75, 3.05) is 5.32 Å². The summed E-state index contributed by atoms with van der Waals surface area (Å²) in [5.74, 6) is -0.385. The maximum atomic E-state index is 12.5. The molecule has 4 rings (SSSR count). The molecule has 1 amide bonds. The number of nitrogens with zero attached hydrogens (tertiary/aromatic N) is 4. The van der Waals surface area contributed by atoms with Gasteiger partial charge in [-0.15, -0.1) is 0 Å². The first-order chi connectivity index (χ1) is 11.7. The normalized spacial score (nSPS) is 11.0. The highest BCUT2D eigenvalue weighted by Gasteiger charge is 2.14. The molecule has 0 bridgehead atoms. The van der Waals surface area contributed by atoms with Crippen molar-refractivity contribution in [1.29, 1.82) is 0 Å². The van der Waals surface area contributed by atoms with E-state index in [1.165, 1.54) is 29.6 Å². The molecule has 0 spiro atoms. The maximum Gasteiger partial charge on any atom is 0.297 e. The zero-order chi connectivity index (χ0) is 16.5. The maximum absolute atomic E-state index is 12.5. The minimum Gasteiger partial charge on any atom is -0.448 e. The van der Waals surface area contributed by atoms with E-state index in [-0.39, 0.29) is 18.0 Å². The Bertz CT molecular complexity index is 1100. The molecule has 3 aromatic heterocycles. The molecular weight excluding hydrogens is 310 g/mol. The monoisotopic (exact) mass is 321 g/mol. The molecule has 0 fully saturated rings. The lowest BCUT2D eigenvalue weighted by Gasteiger charge is -2.06. The van der Waals surface area contributed by atoms with Gasteiger partial charge in [-0.05, 0) is 12.1 Å². The summed E-state index contributed by atoms with van der Waals surface area (Å²) in [7, 11) is 0. The highest BCUT2D eigenvalue weighted by Crippen LogP contribution is 2.23. The average Bonchev–Trinajstić information content (AvgIpc) is 2.98. The van der Waals surface area contributed by atoms with Gasteiger partial charge in [-0.25, -0.2) is 15.0 Å². The van der Waals surface area contributed by atoms with Crippen molar-refractivity contribution >= 4 is 33.7 Å². The van der Waals surface area contributed by atoms with E-state index in [0.717, 1.165) is 5.39 Å². The minimum atomic E-state index is -0.407. The minimum absolute atomic E-state index is 0.134. The average molecular weight is 321 g/mol. The number of benzene rings is 1. The molecule has 1 N–H and O–H groups in total. The fourth-order valence-corrected chi connectivity index (χ4v) is 2.45. The zero-order valence-corrected chi connectivity index (χ0v) is 12.3. The van der Waals surface area contributed by atoms with Gasteiger partial charge in [0.15, 0.2) is 0 Å². The molecule has 1 aromatic carbocycles. The van der Waals surface area contributed by atoms with Gasteiger partial charge in [0.2, 0.25) is 11.5 Å². The van der Waals surface area contributed by atoms with E-state index in [9.17, 15) is 9.59 Å². The van der Waals surface area contributed by atoms with Gasteiger partial charge >= 0.3 is 0 Å². The van der Waals surface area contributed by atoms with Gasteiger partial charge in [0, 0.05) is 5.39 Å². The predicted molar refractivity (Wildman–Crippen MR) is 86.4 cm³/mol. The standard InChI is InChI=1S/C16H11N5O3/c22-13(20-10-5-17-8-18-6-10)7-21-9-19-14-11-3-1-2-4-12(11)24-15(14)16(21)23/h1-6,8-9H,7H2,(H,20,22). The lowest BCUT2D eigenvalue weighted by molar-refractivity contribution is -0.116. The third kappa shape index (κ3) is 2.39. The highest BCUT2D eigenvalue weighted by molar-refractivity contribution is 6.01. The second-order valence-corrected chi connectivity index (χ2v) is 5.13. The first-order valence-electron chi connectivity index (χ1n) is 7.14. The number of para-hydroxylation sites is 1. The van der Waals surface area contributed by atoms with Gasteiger partial charge in [0.1, 0.15) is 24.0 Å². The number of rotatable bonds is 3. The first kappa shape index (κ1) is 14.1. The molecule has 8 heteroatoms. The molecule has 0 saturated heterocycles. The van der Waals surface area contributed by atoms with Gasteiger partial charge in [-0.3, -0.25) is 14.2 Å². The van der Waals surface area contributed by atoms with Crippen LogP contribution in [0.2, 0.25) is 0 Å². The van der Waals surface area contributed by atoms with Crippen LogP contribution >= 0.6 is 0 Å². The van der Waals surface area contributed by atoms with Crippen molar-refractivity contribution < 1.29 is 9.21 Å². The Hall–Kier alpha value is -3.55. The van der Waals surface area contributed by atoms with Crippen LogP contribution < -0.4 is 10.9 Å². The van der Waals surface area contributed by atoms with Gasteiger partial charge < -0.3 is 9.73 Å². The van der Waals surface area contributed by atoms with E-state index >= 15 is 0 Å². The molecule has 0 aliphatic rings. The molecule has 0 unspecified atom stereocenters. The van der Waals surface area contributed by atoms with Crippen LogP contribution in [0.25, 0.3) is 22.1 Å². The summed E-state index contributed by atoms with van der Waals surface area (Å²) in [6.07, 6.45) is 5.63. The molecule has 0 atom stereocenters. The summed E-state index contributed by atoms with van der Waals surface area (Å²) >= 11 is 0. The highest BCUT2D eigenvalue weighted by atomic mass is 16.3. The smallest absolute Gasteiger partial charge is 0.297 e. The van der Waals surface area contributed by atoms with Crippen LogP contribution in [0.5, 0.6) is 0 Å². The number of hydrogen-bond acceptors (Lipinski definition) is 6. The van der Waals surface area contributed by atoms with Crippen molar-refractivity contribution in [1.82, 2.24) is 19.5 Å². The van der Waals surface area contributed by atoms with Crippen LogP contribution in [0.4, 0.5) is 5.69 Å². The summed E-state index contributed by atoms with van der Waals surface area (Å²) < 4.78 is 6.77. The summed E-state index contributed by atoms with van der Waals surface area (Å²) in [5.41, 5.74) is 1.25.